The van der Waals surface area contributed by atoms with Crippen LogP contribution < -0.4 is 5.32 Å². The van der Waals surface area contributed by atoms with Gasteiger partial charge in [0.1, 0.15) is 0 Å². The minimum Gasteiger partial charge on any atom is -0.316 e. The monoisotopic (exact) mass is 261 g/mol. The Bertz CT molecular complexity index is 358. The van der Waals surface area contributed by atoms with Gasteiger partial charge >= 0.3 is 0 Å². The van der Waals surface area contributed by atoms with Gasteiger partial charge in [-0.25, -0.2) is 0 Å². The lowest BCUT2D eigenvalue weighted by molar-refractivity contribution is 0.129. The maximum absolute atomic E-state index is 4.07. The molecule has 19 heavy (non-hydrogen) atoms. The molecule has 1 saturated heterocycles. The molecule has 3 heteroatoms. The Balaban J connectivity index is 1.81. The maximum Gasteiger partial charge on any atom is 0.0270 e. The first kappa shape index (κ1) is 14.5. The molecular formula is C16H27N3. The van der Waals surface area contributed by atoms with Crippen LogP contribution in [0.4, 0.5) is 0 Å². The molecule has 1 aliphatic heterocycles. The number of piperidine rings is 1. The van der Waals surface area contributed by atoms with Crippen LogP contribution in [0.15, 0.2) is 24.5 Å². The van der Waals surface area contributed by atoms with Gasteiger partial charge in [-0.05, 0) is 62.4 Å². The van der Waals surface area contributed by atoms with E-state index in [-0.39, 0.29) is 0 Å². The SMILES string of the molecule is CCC1(CN(C)CCc2ccncc2)CCCNC1. The smallest absolute Gasteiger partial charge is 0.0270 e. The summed E-state index contributed by atoms with van der Waals surface area (Å²) in [6.45, 7) is 7.06. The fraction of sp³-hybridized carbons (Fsp3) is 0.688. The molecule has 2 heterocycles. The van der Waals surface area contributed by atoms with E-state index >= 15 is 0 Å². The Hall–Kier alpha value is -0.930. The van der Waals surface area contributed by atoms with Gasteiger partial charge in [0.25, 0.3) is 0 Å². The molecule has 0 bridgehead atoms. The third-order valence-electron chi connectivity index (χ3n) is 4.45. The molecule has 1 fully saturated rings. The quantitative estimate of drug-likeness (QED) is 0.852. The lowest BCUT2D eigenvalue weighted by Gasteiger charge is -2.40. The van der Waals surface area contributed by atoms with Crippen LogP contribution in [-0.4, -0.2) is 43.1 Å². The zero-order valence-corrected chi connectivity index (χ0v) is 12.4. The van der Waals surface area contributed by atoms with Gasteiger partial charge in [0.2, 0.25) is 0 Å². The molecule has 0 aromatic carbocycles. The minimum absolute atomic E-state index is 0.491. The largest absolute Gasteiger partial charge is 0.316 e. The van der Waals surface area contributed by atoms with Crippen LogP contribution in [0.1, 0.15) is 31.7 Å². The van der Waals surface area contributed by atoms with Crippen molar-refractivity contribution in [1.29, 1.82) is 0 Å². The third kappa shape index (κ3) is 4.29. The van der Waals surface area contributed by atoms with Gasteiger partial charge in [0.05, 0.1) is 0 Å². The number of likely N-dealkylation sites (N-methyl/N-ethyl adjacent to an activating group) is 1. The van der Waals surface area contributed by atoms with E-state index in [0.717, 1.165) is 13.0 Å². The van der Waals surface area contributed by atoms with E-state index in [1.54, 1.807) is 0 Å². The van der Waals surface area contributed by atoms with Gasteiger partial charge in [-0.15, -0.1) is 0 Å². The molecule has 1 unspecified atom stereocenters. The van der Waals surface area contributed by atoms with Gasteiger partial charge in [-0.2, -0.15) is 0 Å². The molecule has 106 valence electrons. The topological polar surface area (TPSA) is 28.2 Å². The second-order valence-corrected chi connectivity index (χ2v) is 5.98. The summed E-state index contributed by atoms with van der Waals surface area (Å²) in [5.41, 5.74) is 1.87. The first-order chi connectivity index (χ1) is 9.24. The fourth-order valence-electron chi connectivity index (χ4n) is 3.10. The summed E-state index contributed by atoms with van der Waals surface area (Å²) in [7, 11) is 2.26. The molecule has 0 amide bonds. The molecule has 1 aromatic rings. The second-order valence-electron chi connectivity index (χ2n) is 5.98. The van der Waals surface area contributed by atoms with Crippen LogP contribution in [0.5, 0.6) is 0 Å². The molecule has 0 aliphatic carbocycles. The Morgan fingerprint density at radius 1 is 1.37 bits per heavy atom. The highest BCUT2D eigenvalue weighted by Crippen LogP contribution is 2.30. The molecule has 2 rings (SSSR count). The van der Waals surface area contributed by atoms with Crippen LogP contribution >= 0.6 is 0 Å². The van der Waals surface area contributed by atoms with E-state index in [9.17, 15) is 0 Å². The van der Waals surface area contributed by atoms with Crippen molar-refractivity contribution in [2.24, 2.45) is 5.41 Å². The summed E-state index contributed by atoms with van der Waals surface area (Å²) in [6, 6.07) is 4.23. The van der Waals surface area contributed by atoms with Gasteiger partial charge in [-0.3, -0.25) is 4.98 Å². The zero-order chi connectivity index (χ0) is 13.6. The Morgan fingerprint density at radius 2 is 2.16 bits per heavy atom. The summed E-state index contributed by atoms with van der Waals surface area (Å²) in [5.74, 6) is 0. The Morgan fingerprint density at radius 3 is 2.79 bits per heavy atom. The number of rotatable bonds is 6. The summed E-state index contributed by atoms with van der Waals surface area (Å²) in [4.78, 5) is 6.57. The van der Waals surface area contributed by atoms with Gasteiger partial charge in [0.15, 0.2) is 0 Å². The molecular weight excluding hydrogens is 234 g/mol. The van der Waals surface area contributed by atoms with E-state index in [4.69, 9.17) is 0 Å². The second kappa shape index (κ2) is 7.01. The predicted octanol–water partition coefficient (Wildman–Crippen LogP) is 2.34. The lowest BCUT2D eigenvalue weighted by atomic mass is 9.78. The highest BCUT2D eigenvalue weighted by Gasteiger charge is 2.31. The van der Waals surface area contributed by atoms with Crippen LogP contribution in [0.25, 0.3) is 0 Å². The summed E-state index contributed by atoms with van der Waals surface area (Å²) >= 11 is 0. The maximum atomic E-state index is 4.07. The van der Waals surface area contributed by atoms with Crippen molar-refractivity contribution in [3.63, 3.8) is 0 Å². The van der Waals surface area contributed by atoms with Gasteiger partial charge in [-0.1, -0.05) is 6.92 Å². The molecule has 0 radical (unpaired) electrons. The molecule has 1 N–H and O–H groups in total. The van der Waals surface area contributed by atoms with Crippen molar-refractivity contribution in [1.82, 2.24) is 15.2 Å². The summed E-state index contributed by atoms with van der Waals surface area (Å²) in [5, 5.41) is 3.57. The molecule has 3 nitrogen and oxygen atoms in total. The lowest BCUT2D eigenvalue weighted by Crippen LogP contribution is -2.46. The van der Waals surface area contributed by atoms with Crippen molar-refractivity contribution in [2.75, 3.05) is 33.2 Å². The highest BCUT2D eigenvalue weighted by molar-refractivity contribution is 5.09. The number of nitrogens with zero attached hydrogens (tertiary/aromatic N) is 2. The minimum atomic E-state index is 0.491. The molecule has 1 aromatic heterocycles. The first-order valence-corrected chi connectivity index (χ1v) is 7.52. The third-order valence-corrected chi connectivity index (χ3v) is 4.45. The first-order valence-electron chi connectivity index (χ1n) is 7.52. The number of pyridine rings is 1. The number of nitrogens with one attached hydrogen (secondary N) is 1. The fourth-order valence-corrected chi connectivity index (χ4v) is 3.10. The molecule has 1 aliphatic rings. The number of hydrogen-bond donors (Lipinski definition) is 1. The summed E-state index contributed by atoms with van der Waals surface area (Å²) in [6.07, 6.45) is 8.86. The Kier molecular flexibility index (Phi) is 5.34. The molecule has 1 atom stereocenters. The predicted molar refractivity (Wildman–Crippen MR) is 80.3 cm³/mol. The number of aromatic nitrogens is 1. The molecule has 0 saturated carbocycles. The average molecular weight is 261 g/mol. The normalized spacial score (nSPS) is 23.7. The van der Waals surface area contributed by atoms with E-state index in [2.05, 4.69) is 41.3 Å². The van der Waals surface area contributed by atoms with Gasteiger partial charge < -0.3 is 10.2 Å². The van der Waals surface area contributed by atoms with Crippen molar-refractivity contribution >= 4 is 0 Å². The molecule has 0 spiro atoms. The Labute approximate surface area is 117 Å². The van der Waals surface area contributed by atoms with Gasteiger partial charge in [0, 0.05) is 32.0 Å². The van der Waals surface area contributed by atoms with Crippen molar-refractivity contribution in [2.45, 2.75) is 32.6 Å². The average Bonchev–Trinajstić information content (AvgIpc) is 2.47. The van der Waals surface area contributed by atoms with Crippen molar-refractivity contribution in [3.8, 4) is 0 Å². The zero-order valence-electron chi connectivity index (χ0n) is 12.4. The van der Waals surface area contributed by atoms with E-state index in [0.29, 0.717) is 5.41 Å². The van der Waals surface area contributed by atoms with E-state index in [1.165, 1.54) is 44.5 Å². The van der Waals surface area contributed by atoms with E-state index < -0.39 is 0 Å². The number of hydrogen-bond acceptors (Lipinski definition) is 3. The standard InChI is InChI=1S/C16H27N3/c1-3-16(8-4-9-18-13-16)14-19(2)12-7-15-5-10-17-11-6-15/h5-6,10-11,18H,3-4,7-9,12-14H2,1-2H3. The van der Waals surface area contributed by atoms with Crippen LogP contribution in [0, 0.1) is 5.41 Å². The van der Waals surface area contributed by atoms with Crippen molar-refractivity contribution < 1.29 is 0 Å². The highest BCUT2D eigenvalue weighted by atomic mass is 15.1. The van der Waals surface area contributed by atoms with Crippen molar-refractivity contribution in [3.05, 3.63) is 30.1 Å². The van der Waals surface area contributed by atoms with Crippen LogP contribution in [0.3, 0.4) is 0 Å². The van der Waals surface area contributed by atoms with Crippen LogP contribution in [-0.2, 0) is 6.42 Å². The van der Waals surface area contributed by atoms with E-state index in [1.807, 2.05) is 12.4 Å². The summed E-state index contributed by atoms with van der Waals surface area (Å²) < 4.78 is 0. The van der Waals surface area contributed by atoms with Crippen LogP contribution in [0.2, 0.25) is 0 Å².